The zero-order valence-electron chi connectivity index (χ0n) is 11.2. The summed E-state index contributed by atoms with van der Waals surface area (Å²) in [5.41, 5.74) is 6.15. The number of rotatable bonds is 7. The molecule has 1 fully saturated rings. The Morgan fingerprint density at radius 2 is 2.26 bits per heavy atom. The molecular formula is C15H22ClNOS. The van der Waals surface area contributed by atoms with E-state index in [0.717, 1.165) is 41.5 Å². The highest BCUT2D eigenvalue weighted by molar-refractivity contribution is 7.99. The predicted molar refractivity (Wildman–Crippen MR) is 83.0 cm³/mol. The van der Waals surface area contributed by atoms with Crippen LogP contribution in [0.4, 0.5) is 0 Å². The maximum Gasteiger partial charge on any atom is 0.0576 e. The Morgan fingerprint density at radius 1 is 1.42 bits per heavy atom. The molecule has 0 spiro atoms. The largest absolute Gasteiger partial charge is 0.378 e. The molecule has 1 aliphatic heterocycles. The third-order valence-corrected chi connectivity index (χ3v) is 5.12. The fraction of sp³-hybridized carbons (Fsp3) is 0.600. The van der Waals surface area contributed by atoms with Gasteiger partial charge in [0.1, 0.15) is 0 Å². The second-order valence-electron chi connectivity index (χ2n) is 5.07. The van der Waals surface area contributed by atoms with Gasteiger partial charge < -0.3 is 10.5 Å². The molecule has 0 radical (unpaired) electrons. The van der Waals surface area contributed by atoms with E-state index in [9.17, 15) is 0 Å². The van der Waals surface area contributed by atoms with Gasteiger partial charge in [-0.1, -0.05) is 23.7 Å². The number of hydrogen-bond donors (Lipinski definition) is 1. The third kappa shape index (κ3) is 5.35. The molecule has 0 aliphatic carbocycles. The van der Waals surface area contributed by atoms with E-state index < -0.39 is 0 Å². The highest BCUT2D eigenvalue weighted by atomic mass is 35.5. The highest BCUT2D eigenvalue weighted by Gasteiger charge is 2.15. The lowest BCUT2D eigenvalue weighted by atomic mass is 10.1. The smallest absolute Gasteiger partial charge is 0.0576 e. The van der Waals surface area contributed by atoms with Crippen molar-refractivity contribution in [1.82, 2.24) is 0 Å². The van der Waals surface area contributed by atoms with E-state index in [-0.39, 0.29) is 6.04 Å². The van der Waals surface area contributed by atoms with E-state index >= 15 is 0 Å². The zero-order chi connectivity index (χ0) is 13.5. The fourth-order valence-corrected chi connectivity index (χ4v) is 3.56. The number of hydrogen-bond acceptors (Lipinski definition) is 3. The van der Waals surface area contributed by atoms with Gasteiger partial charge in [0, 0.05) is 23.3 Å². The summed E-state index contributed by atoms with van der Waals surface area (Å²) >= 11 is 7.87. The van der Waals surface area contributed by atoms with Gasteiger partial charge in [0.2, 0.25) is 0 Å². The summed E-state index contributed by atoms with van der Waals surface area (Å²) in [6.07, 6.45) is 6.32. The number of benzene rings is 1. The lowest BCUT2D eigenvalue weighted by molar-refractivity contribution is 0.102. The Hall–Kier alpha value is -0.220. The van der Waals surface area contributed by atoms with Crippen LogP contribution < -0.4 is 5.73 Å². The topological polar surface area (TPSA) is 35.2 Å². The van der Waals surface area contributed by atoms with Crippen LogP contribution in [0.3, 0.4) is 0 Å². The standard InChI is InChI=1S/C15H22ClNOS/c16-14-8-1-2-9-15(14)19-11-12(17)5-3-6-13-7-4-10-18-13/h1-2,8-9,12-13H,3-7,10-11,17H2. The quantitative estimate of drug-likeness (QED) is 0.770. The van der Waals surface area contributed by atoms with Crippen LogP contribution in [-0.2, 0) is 4.74 Å². The number of halogens is 1. The van der Waals surface area contributed by atoms with E-state index in [1.165, 1.54) is 12.8 Å². The van der Waals surface area contributed by atoms with E-state index in [2.05, 4.69) is 0 Å². The van der Waals surface area contributed by atoms with Gasteiger partial charge in [0.05, 0.1) is 11.1 Å². The molecule has 19 heavy (non-hydrogen) atoms. The molecule has 1 aliphatic rings. The molecule has 1 aromatic rings. The highest BCUT2D eigenvalue weighted by Crippen LogP contribution is 2.27. The van der Waals surface area contributed by atoms with Crippen molar-refractivity contribution in [2.75, 3.05) is 12.4 Å². The summed E-state index contributed by atoms with van der Waals surface area (Å²) in [4.78, 5) is 1.12. The average molecular weight is 300 g/mol. The van der Waals surface area contributed by atoms with E-state index in [1.54, 1.807) is 11.8 Å². The molecule has 0 aromatic heterocycles. The molecule has 0 amide bonds. The van der Waals surface area contributed by atoms with Crippen LogP contribution in [-0.4, -0.2) is 24.5 Å². The SMILES string of the molecule is NC(CCCC1CCCO1)CSc1ccccc1Cl. The minimum atomic E-state index is 0.239. The first-order valence-electron chi connectivity index (χ1n) is 7.00. The van der Waals surface area contributed by atoms with E-state index in [0.29, 0.717) is 6.10 Å². The first-order valence-corrected chi connectivity index (χ1v) is 8.36. The van der Waals surface area contributed by atoms with Gasteiger partial charge in [-0.25, -0.2) is 0 Å². The number of nitrogens with two attached hydrogens (primary N) is 1. The summed E-state index contributed by atoms with van der Waals surface area (Å²) in [5.74, 6) is 0.926. The molecule has 1 heterocycles. The van der Waals surface area contributed by atoms with Crippen molar-refractivity contribution < 1.29 is 4.74 Å². The van der Waals surface area contributed by atoms with Crippen LogP contribution in [0.5, 0.6) is 0 Å². The van der Waals surface area contributed by atoms with Gasteiger partial charge in [-0.2, -0.15) is 0 Å². The van der Waals surface area contributed by atoms with Crippen LogP contribution in [0.1, 0.15) is 32.1 Å². The molecule has 2 atom stereocenters. The molecule has 0 saturated carbocycles. The Balaban J connectivity index is 1.61. The molecule has 106 valence electrons. The summed E-state index contributed by atoms with van der Waals surface area (Å²) in [6, 6.07) is 8.17. The molecule has 2 rings (SSSR count). The minimum Gasteiger partial charge on any atom is -0.378 e. The Morgan fingerprint density at radius 3 is 3.00 bits per heavy atom. The summed E-state index contributed by atoms with van der Waals surface area (Å²) in [5, 5.41) is 0.819. The Bertz CT molecular complexity index is 382. The Labute approximate surface area is 125 Å². The van der Waals surface area contributed by atoms with Gasteiger partial charge in [0.25, 0.3) is 0 Å². The van der Waals surface area contributed by atoms with Crippen molar-refractivity contribution in [2.45, 2.75) is 49.1 Å². The lowest BCUT2D eigenvalue weighted by Crippen LogP contribution is -2.23. The van der Waals surface area contributed by atoms with E-state index in [1.807, 2.05) is 24.3 Å². The minimum absolute atomic E-state index is 0.239. The second kappa shape index (κ2) is 8.15. The summed E-state index contributed by atoms with van der Waals surface area (Å²) < 4.78 is 5.62. The lowest BCUT2D eigenvalue weighted by Gasteiger charge is -2.13. The molecular weight excluding hydrogens is 278 g/mol. The molecule has 2 nitrogen and oxygen atoms in total. The van der Waals surface area contributed by atoms with Crippen molar-refractivity contribution in [3.05, 3.63) is 29.3 Å². The predicted octanol–water partition coefficient (Wildman–Crippen LogP) is 4.11. The Kier molecular flexibility index (Phi) is 6.51. The van der Waals surface area contributed by atoms with Gasteiger partial charge >= 0.3 is 0 Å². The average Bonchev–Trinajstić information content (AvgIpc) is 2.91. The second-order valence-corrected chi connectivity index (χ2v) is 6.54. The first-order chi connectivity index (χ1) is 9.25. The number of ether oxygens (including phenoxy) is 1. The van der Waals surface area contributed by atoms with Crippen molar-refractivity contribution in [3.63, 3.8) is 0 Å². The van der Waals surface area contributed by atoms with Crippen LogP contribution in [0.25, 0.3) is 0 Å². The summed E-state index contributed by atoms with van der Waals surface area (Å²) in [7, 11) is 0. The van der Waals surface area contributed by atoms with Crippen molar-refractivity contribution in [1.29, 1.82) is 0 Å². The molecule has 1 aromatic carbocycles. The van der Waals surface area contributed by atoms with Gasteiger partial charge in [-0.15, -0.1) is 11.8 Å². The van der Waals surface area contributed by atoms with Crippen molar-refractivity contribution in [2.24, 2.45) is 5.73 Å². The fourth-order valence-electron chi connectivity index (χ4n) is 2.32. The van der Waals surface area contributed by atoms with Gasteiger partial charge in [0.15, 0.2) is 0 Å². The third-order valence-electron chi connectivity index (χ3n) is 3.41. The van der Waals surface area contributed by atoms with E-state index in [4.69, 9.17) is 22.1 Å². The van der Waals surface area contributed by atoms with Crippen molar-refractivity contribution >= 4 is 23.4 Å². The van der Waals surface area contributed by atoms with Crippen molar-refractivity contribution in [3.8, 4) is 0 Å². The normalized spacial score (nSPS) is 20.6. The summed E-state index contributed by atoms with van der Waals surface area (Å²) in [6.45, 7) is 0.944. The van der Waals surface area contributed by atoms with Crippen LogP contribution in [0.2, 0.25) is 5.02 Å². The van der Waals surface area contributed by atoms with Crippen LogP contribution >= 0.6 is 23.4 Å². The van der Waals surface area contributed by atoms with Crippen LogP contribution in [0.15, 0.2) is 29.2 Å². The molecule has 1 saturated heterocycles. The molecule has 2 unspecified atom stereocenters. The molecule has 0 bridgehead atoms. The molecule has 4 heteroatoms. The molecule has 2 N–H and O–H groups in total. The maximum atomic E-state index is 6.15. The van der Waals surface area contributed by atoms with Crippen LogP contribution in [0, 0.1) is 0 Å². The monoisotopic (exact) mass is 299 g/mol. The number of thioether (sulfide) groups is 1. The zero-order valence-corrected chi connectivity index (χ0v) is 12.8. The van der Waals surface area contributed by atoms with Gasteiger partial charge in [-0.05, 0) is 44.2 Å². The van der Waals surface area contributed by atoms with Gasteiger partial charge in [-0.3, -0.25) is 0 Å². The maximum absolute atomic E-state index is 6.15. The first kappa shape index (κ1) is 15.2.